The molecule has 1 nitrogen and oxygen atoms in total. The van der Waals surface area contributed by atoms with E-state index in [0.717, 1.165) is 19.3 Å². The molecule has 0 saturated heterocycles. The highest BCUT2D eigenvalue weighted by atomic mass is 35.5. The Morgan fingerprint density at radius 2 is 2.11 bits per heavy atom. The van der Waals surface area contributed by atoms with E-state index in [2.05, 4.69) is 11.4 Å². The fraction of sp³-hybridized carbons (Fsp3) is 0.267. The van der Waals surface area contributed by atoms with Crippen LogP contribution in [0.4, 0.5) is 0 Å². The molecule has 0 saturated carbocycles. The molecule has 0 spiro atoms. The van der Waals surface area contributed by atoms with Crippen LogP contribution in [0.3, 0.4) is 0 Å². The van der Waals surface area contributed by atoms with E-state index in [0.29, 0.717) is 15.6 Å². The summed E-state index contributed by atoms with van der Waals surface area (Å²) in [6.45, 7) is 0. The van der Waals surface area contributed by atoms with Crippen LogP contribution >= 0.6 is 34.5 Å². The number of ketones is 1. The highest BCUT2D eigenvalue weighted by Crippen LogP contribution is 2.38. The highest BCUT2D eigenvalue weighted by molar-refractivity contribution is 7.10. The van der Waals surface area contributed by atoms with Gasteiger partial charge in [0.15, 0.2) is 5.78 Å². The van der Waals surface area contributed by atoms with Crippen LogP contribution in [0.2, 0.25) is 10.0 Å². The molecule has 4 heteroatoms. The van der Waals surface area contributed by atoms with Gasteiger partial charge in [-0.1, -0.05) is 23.2 Å². The number of rotatable bonds is 2. The van der Waals surface area contributed by atoms with Gasteiger partial charge >= 0.3 is 0 Å². The number of fused-ring (bicyclic) bond motifs is 1. The Labute approximate surface area is 126 Å². The first kappa shape index (κ1) is 13.2. The van der Waals surface area contributed by atoms with Gasteiger partial charge in [0.05, 0.1) is 5.02 Å². The molecule has 0 radical (unpaired) electrons. The van der Waals surface area contributed by atoms with Gasteiger partial charge in [0.25, 0.3) is 0 Å². The lowest BCUT2D eigenvalue weighted by Gasteiger charge is -2.21. The Hall–Kier alpha value is -0.830. The summed E-state index contributed by atoms with van der Waals surface area (Å²) in [5.74, 6) is 0.0645. The van der Waals surface area contributed by atoms with Crippen molar-refractivity contribution in [3.63, 3.8) is 0 Å². The van der Waals surface area contributed by atoms with Gasteiger partial charge in [0.1, 0.15) is 0 Å². The molecular weight excluding hydrogens is 299 g/mol. The molecule has 1 aromatic carbocycles. The van der Waals surface area contributed by atoms with Crippen LogP contribution < -0.4 is 0 Å². The Morgan fingerprint density at radius 1 is 1.26 bits per heavy atom. The molecular formula is C15H12Cl2OS. The molecule has 1 unspecified atom stereocenters. The Kier molecular flexibility index (Phi) is 3.66. The quantitative estimate of drug-likeness (QED) is 0.683. The second-order valence-corrected chi connectivity index (χ2v) is 6.58. The predicted molar refractivity (Wildman–Crippen MR) is 80.8 cm³/mol. The molecule has 0 fully saturated rings. The van der Waals surface area contributed by atoms with Crippen LogP contribution in [0.1, 0.15) is 39.6 Å². The largest absolute Gasteiger partial charge is 0.293 e. The van der Waals surface area contributed by atoms with Crippen molar-refractivity contribution in [3.05, 3.63) is 55.7 Å². The minimum Gasteiger partial charge on any atom is -0.293 e. The molecule has 0 aliphatic heterocycles. The van der Waals surface area contributed by atoms with Crippen molar-refractivity contribution < 1.29 is 4.79 Å². The minimum atomic E-state index is -0.0475. The third-order valence-corrected chi connectivity index (χ3v) is 5.11. The van der Waals surface area contributed by atoms with Crippen LogP contribution in [0.25, 0.3) is 0 Å². The average molecular weight is 311 g/mol. The number of benzene rings is 1. The molecule has 0 bridgehead atoms. The molecule has 1 heterocycles. The first-order chi connectivity index (χ1) is 9.16. The average Bonchev–Trinajstić information content (AvgIpc) is 2.86. The molecule has 19 heavy (non-hydrogen) atoms. The van der Waals surface area contributed by atoms with Gasteiger partial charge in [-0.3, -0.25) is 4.79 Å². The first-order valence-corrected chi connectivity index (χ1v) is 7.86. The number of hydrogen-bond donors (Lipinski definition) is 0. The van der Waals surface area contributed by atoms with Gasteiger partial charge in [-0.15, -0.1) is 11.3 Å². The number of carbonyl (C=O) groups excluding carboxylic acids is 1. The molecule has 1 aliphatic rings. The second kappa shape index (κ2) is 5.28. The summed E-state index contributed by atoms with van der Waals surface area (Å²) in [4.78, 5) is 14.0. The minimum absolute atomic E-state index is 0.0475. The molecule has 1 aliphatic carbocycles. The van der Waals surface area contributed by atoms with Crippen molar-refractivity contribution in [1.29, 1.82) is 0 Å². The lowest BCUT2D eigenvalue weighted by Crippen LogP contribution is -2.17. The second-order valence-electron chi connectivity index (χ2n) is 4.73. The van der Waals surface area contributed by atoms with Gasteiger partial charge in [0.2, 0.25) is 0 Å². The van der Waals surface area contributed by atoms with Crippen molar-refractivity contribution >= 4 is 40.3 Å². The fourth-order valence-electron chi connectivity index (χ4n) is 2.64. The first-order valence-electron chi connectivity index (χ1n) is 6.22. The molecule has 0 amide bonds. The third kappa shape index (κ3) is 2.45. The number of aryl methyl sites for hydroxylation is 1. The molecule has 3 rings (SSSR count). The van der Waals surface area contributed by atoms with Gasteiger partial charge in [-0.25, -0.2) is 0 Å². The lowest BCUT2D eigenvalue weighted by molar-refractivity contribution is 0.0951. The Balaban J connectivity index is 1.98. The molecule has 2 aromatic rings. The van der Waals surface area contributed by atoms with Crippen molar-refractivity contribution in [3.8, 4) is 0 Å². The predicted octanol–water partition coefficient (Wildman–Crippen LogP) is 5.36. The fourth-order valence-corrected chi connectivity index (χ4v) is 4.12. The smallest absolute Gasteiger partial charge is 0.171 e. The summed E-state index contributed by atoms with van der Waals surface area (Å²) in [7, 11) is 0. The van der Waals surface area contributed by atoms with Gasteiger partial charge in [-0.2, -0.15) is 0 Å². The lowest BCUT2D eigenvalue weighted by atomic mass is 9.82. The number of carbonyl (C=O) groups is 1. The highest BCUT2D eigenvalue weighted by Gasteiger charge is 2.29. The number of Topliss-reactive ketones (excluding diaryl/α,β-unsaturated/α-hetero) is 1. The van der Waals surface area contributed by atoms with E-state index in [1.165, 1.54) is 10.4 Å². The van der Waals surface area contributed by atoms with E-state index < -0.39 is 0 Å². The normalized spacial score (nSPS) is 18.1. The maximum absolute atomic E-state index is 12.7. The van der Waals surface area contributed by atoms with Crippen molar-refractivity contribution in [2.75, 3.05) is 0 Å². The maximum Gasteiger partial charge on any atom is 0.171 e. The zero-order valence-electron chi connectivity index (χ0n) is 10.2. The van der Waals surface area contributed by atoms with Crippen molar-refractivity contribution in [1.82, 2.24) is 0 Å². The number of hydrogen-bond acceptors (Lipinski definition) is 2. The molecule has 0 N–H and O–H groups in total. The van der Waals surface area contributed by atoms with E-state index in [4.69, 9.17) is 23.2 Å². The summed E-state index contributed by atoms with van der Waals surface area (Å²) in [5.41, 5.74) is 1.77. The monoisotopic (exact) mass is 310 g/mol. The van der Waals surface area contributed by atoms with E-state index in [-0.39, 0.29) is 11.7 Å². The van der Waals surface area contributed by atoms with Crippen LogP contribution in [0.5, 0.6) is 0 Å². The van der Waals surface area contributed by atoms with Crippen LogP contribution in [-0.4, -0.2) is 5.78 Å². The van der Waals surface area contributed by atoms with Crippen molar-refractivity contribution in [2.24, 2.45) is 0 Å². The summed E-state index contributed by atoms with van der Waals surface area (Å²) in [6.07, 6.45) is 3.06. The Bertz CT molecular complexity index is 633. The summed E-state index contributed by atoms with van der Waals surface area (Å²) < 4.78 is 0. The van der Waals surface area contributed by atoms with E-state index in [1.54, 1.807) is 29.5 Å². The zero-order valence-corrected chi connectivity index (χ0v) is 12.5. The standard InChI is InChI=1S/C15H12Cl2OS/c16-9-4-5-12(13(17)8-9)15(18)11-2-1-3-14-10(11)6-7-19-14/h4-8,11H,1-3H2. The number of halogens is 2. The van der Waals surface area contributed by atoms with Crippen LogP contribution in [0.15, 0.2) is 29.6 Å². The van der Waals surface area contributed by atoms with Crippen molar-refractivity contribution in [2.45, 2.75) is 25.2 Å². The summed E-state index contributed by atoms with van der Waals surface area (Å²) in [6, 6.07) is 7.16. The maximum atomic E-state index is 12.7. The van der Waals surface area contributed by atoms with Gasteiger partial charge < -0.3 is 0 Å². The number of thiophene rings is 1. The SMILES string of the molecule is O=C(c1ccc(Cl)cc1Cl)C1CCCc2sccc21. The van der Waals surface area contributed by atoms with Crippen LogP contribution in [-0.2, 0) is 6.42 Å². The topological polar surface area (TPSA) is 17.1 Å². The molecule has 1 aromatic heterocycles. The zero-order chi connectivity index (χ0) is 13.4. The van der Waals surface area contributed by atoms with E-state index >= 15 is 0 Å². The molecule has 98 valence electrons. The van der Waals surface area contributed by atoms with Gasteiger partial charge in [-0.05, 0) is 54.5 Å². The molecule has 1 atom stereocenters. The van der Waals surface area contributed by atoms with Crippen LogP contribution in [0, 0.1) is 0 Å². The van der Waals surface area contributed by atoms with E-state index in [1.807, 2.05) is 0 Å². The van der Waals surface area contributed by atoms with E-state index in [9.17, 15) is 4.79 Å². The summed E-state index contributed by atoms with van der Waals surface area (Å²) >= 11 is 13.8. The van der Waals surface area contributed by atoms with Gasteiger partial charge in [0, 0.05) is 21.4 Å². The Morgan fingerprint density at radius 3 is 2.89 bits per heavy atom. The summed E-state index contributed by atoms with van der Waals surface area (Å²) in [5, 5.41) is 3.07. The third-order valence-electron chi connectivity index (χ3n) is 3.57.